The average molecular weight is 366 g/mol. The van der Waals surface area contributed by atoms with Crippen LogP contribution in [0.4, 0.5) is 0 Å². The van der Waals surface area contributed by atoms with Crippen LogP contribution in [0.25, 0.3) is 0 Å². The van der Waals surface area contributed by atoms with Crippen molar-refractivity contribution in [1.29, 1.82) is 0 Å². The van der Waals surface area contributed by atoms with Crippen molar-refractivity contribution in [3.05, 3.63) is 0 Å². The number of halogens is 2. The molecule has 6 unspecified atom stereocenters. The van der Waals surface area contributed by atoms with Gasteiger partial charge in [0.1, 0.15) is 0 Å². The van der Waals surface area contributed by atoms with Gasteiger partial charge in [-0.1, -0.05) is 6.92 Å². The van der Waals surface area contributed by atoms with Gasteiger partial charge in [-0.05, 0) is 63.3 Å². The van der Waals surface area contributed by atoms with Gasteiger partial charge in [0.25, 0.3) is 0 Å². The number of nitrogens with two attached hydrogens (primary N) is 1. The molecule has 1 heterocycles. The summed E-state index contributed by atoms with van der Waals surface area (Å²) in [4.78, 5) is 15.0. The van der Waals surface area contributed by atoms with Gasteiger partial charge in [-0.15, -0.1) is 24.8 Å². The van der Waals surface area contributed by atoms with Crippen molar-refractivity contribution in [3.63, 3.8) is 0 Å². The first-order valence-electron chi connectivity index (χ1n) is 8.83. The molecule has 4 nitrogen and oxygen atoms in total. The number of hydrogen-bond donors (Lipinski definition) is 2. The predicted molar refractivity (Wildman–Crippen MR) is 99.2 cm³/mol. The Hall–Kier alpha value is -0.0300. The molecule has 3 N–H and O–H groups in total. The van der Waals surface area contributed by atoms with Gasteiger partial charge in [-0.25, -0.2) is 0 Å². The standard InChI is InChI=1S/C17H31N3O.2ClH/c1-11-4-3-7-20(10-11)12(2)9-19-17(21)15-13-5-6-14(8-13)16(15)18;;/h11-16H,3-10,18H2,1-2H3,(H,19,21);2*1H. The van der Waals surface area contributed by atoms with Crippen LogP contribution in [0.15, 0.2) is 0 Å². The van der Waals surface area contributed by atoms with Crippen LogP contribution in [0.1, 0.15) is 46.0 Å². The molecule has 0 aromatic carbocycles. The van der Waals surface area contributed by atoms with Crippen molar-refractivity contribution >= 4 is 30.7 Å². The van der Waals surface area contributed by atoms with E-state index in [2.05, 4.69) is 24.1 Å². The molecule has 0 radical (unpaired) electrons. The average Bonchev–Trinajstić information content (AvgIpc) is 3.05. The lowest BCUT2D eigenvalue weighted by atomic mass is 9.84. The molecule has 136 valence electrons. The highest BCUT2D eigenvalue weighted by molar-refractivity contribution is 5.85. The highest BCUT2D eigenvalue weighted by Crippen LogP contribution is 2.47. The smallest absolute Gasteiger partial charge is 0.225 e. The third-order valence-electron chi connectivity index (χ3n) is 6.17. The van der Waals surface area contributed by atoms with Crippen molar-refractivity contribution < 1.29 is 4.79 Å². The van der Waals surface area contributed by atoms with Crippen LogP contribution in [0.5, 0.6) is 0 Å². The van der Waals surface area contributed by atoms with Gasteiger partial charge in [-0.2, -0.15) is 0 Å². The molecule has 23 heavy (non-hydrogen) atoms. The Labute approximate surface area is 153 Å². The fourth-order valence-corrected chi connectivity index (χ4v) is 4.85. The molecule has 3 fully saturated rings. The zero-order valence-corrected chi connectivity index (χ0v) is 16.0. The molecule has 0 aromatic heterocycles. The Balaban J connectivity index is 0.00000132. The van der Waals surface area contributed by atoms with E-state index in [1.54, 1.807) is 0 Å². The van der Waals surface area contributed by atoms with Crippen LogP contribution in [-0.2, 0) is 4.79 Å². The summed E-state index contributed by atoms with van der Waals surface area (Å²) in [6.45, 7) is 7.68. The van der Waals surface area contributed by atoms with E-state index in [0.29, 0.717) is 17.9 Å². The Morgan fingerprint density at radius 2 is 1.96 bits per heavy atom. The van der Waals surface area contributed by atoms with Crippen LogP contribution in [0.3, 0.4) is 0 Å². The van der Waals surface area contributed by atoms with E-state index >= 15 is 0 Å². The van der Waals surface area contributed by atoms with Gasteiger partial charge in [0.05, 0.1) is 5.92 Å². The quantitative estimate of drug-likeness (QED) is 0.804. The van der Waals surface area contributed by atoms with Gasteiger partial charge < -0.3 is 11.1 Å². The van der Waals surface area contributed by atoms with E-state index in [9.17, 15) is 4.79 Å². The maximum atomic E-state index is 12.5. The van der Waals surface area contributed by atoms with E-state index in [0.717, 1.165) is 12.5 Å². The molecule has 0 spiro atoms. The molecule has 1 saturated heterocycles. The van der Waals surface area contributed by atoms with Gasteiger partial charge in [0.15, 0.2) is 0 Å². The first kappa shape index (κ1) is 21.0. The number of piperidine rings is 1. The molecular formula is C17H33Cl2N3O. The summed E-state index contributed by atoms with van der Waals surface area (Å²) in [5.74, 6) is 2.24. The van der Waals surface area contributed by atoms with Crippen LogP contribution in [-0.4, -0.2) is 42.5 Å². The monoisotopic (exact) mass is 365 g/mol. The minimum Gasteiger partial charge on any atom is -0.354 e. The topological polar surface area (TPSA) is 58.4 Å². The third kappa shape index (κ3) is 4.53. The van der Waals surface area contributed by atoms with Crippen LogP contribution >= 0.6 is 24.8 Å². The maximum Gasteiger partial charge on any atom is 0.225 e. The Kier molecular flexibility index (Phi) is 8.12. The van der Waals surface area contributed by atoms with E-state index in [1.807, 2.05) is 0 Å². The maximum absolute atomic E-state index is 12.5. The second-order valence-corrected chi connectivity index (χ2v) is 7.77. The number of amides is 1. The number of nitrogens with zero attached hydrogens (tertiary/aromatic N) is 1. The minimum absolute atomic E-state index is 0. The van der Waals surface area contributed by atoms with Crippen LogP contribution < -0.4 is 11.1 Å². The number of fused-ring (bicyclic) bond motifs is 2. The number of likely N-dealkylation sites (tertiary alicyclic amines) is 1. The zero-order valence-electron chi connectivity index (χ0n) is 14.4. The molecule has 2 saturated carbocycles. The fraction of sp³-hybridized carbons (Fsp3) is 0.941. The highest BCUT2D eigenvalue weighted by Gasteiger charge is 2.49. The van der Waals surface area contributed by atoms with E-state index in [-0.39, 0.29) is 42.7 Å². The second kappa shape index (κ2) is 8.89. The number of nitrogens with one attached hydrogen (secondary N) is 1. The first-order valence-corrected chi connectivity index (χ1v) is 8.83. The van der Waals surface area contributed by atoms with Gasteiger partial charge in [0, 0.05) is 25.2 Å². The summed E-state index contributed by atoms with van der Waals surface area (Å²) in [5, 5.41) is 3.19. The highest BCUT2D eigenvalue weighted by atomic mass is 35.5. The molecule has 6 atom stereocenters. The van der Waals surface area contributed by atoms with Gasteiger partial charge in [0.2, 0.25) is 5.91 Å². The van der Waals surface area contributed by atoms with Crippen molar-refractivity contribution in [3.8, 4) is 0 Å². The number of rotatable bonds is 4. The zero-order chi connectivity index (χ0) is 15.0. The molecule has 0 aromatic rings. The van der Waals surface area contributed by atoms with E-state index in [1.165, 1.54) is 45.2 Å². The Bertz CT molecular complexity index is 394. The summed E-state index contributed by atoms with van der Waals surface area (Å²) in [6.07, 6.45) is 6.25. The van der Waals surface area contributed by atoms with Crippen molar-refractivity contribution in [2.45, 2.75) is 58.0 Å². The molecule has 6 heteroatoms. The summed E-state index contributed by atoms with van der Waals surface area (Å²) >= 11 is 0. The van der Waals surface area contributed by atoms with Crippen molar-refractivity contribution in [2.75, 3.05) is 19.6 Å². The van der Waals surface area contributed by atoms with E-state index < -0.39 is 0 Å². The Morgan fingerprint density at radius 3 is 2.57 bits per heavy atom. The third-order valence-corrected chi connectivity index (χ3v) is 6.17. The summed E-state index contributed by atoms with van der Waals surface area (Å²) in [5.41, 5.74) is 6.26. The molecule has 2 aliphatic carbocycles. The minimum atomic E-state index is 0. The number of carbonyl (C=O) groups is 1. The predicted octanol–water partition coefficient (Wildman–Crippen LogP) is 2.44. The summed E-state index contributed by atoms with van der Waals surface area (Å²) < 4.78 is 0. The molecule has 2 bridgehead atoms. The van der Waals surface area contributed by atoms with E-state index in [4.69, 9.17) is 5.73 Å². The lowest BCUT2D eigenvalue weighted by Crippen LogP contribution is -2.50. The molecular weight excluding hydrogens is 333 g/mol. The lowest BCUT2D eigenvalue weighted by Gasteiger charge is -2.36. The summed E-state index contributed by atoms with van der Waals surface area (Å²) in [6, 6.07) is 0.542. The normalized spacial score (nSPS) is 37.6. The fourth-order valence-electron chi connectivity index (χ4n) is 4.85. The SMILES string of the molecule is CC1CCCN(C(C)CNC(=O)C2C3CCC(C3)C2N)C1.Cl.Cl. The number of hydrogen-bond acceptors (Lipinski definition) is 3. The van der Waals surface area contributed by atoms with Gasteiger partial charge >= 0.3 is 0 Å². The largest absolute Gasteiger partial charge is 0.354 e. The first-order chi connectivity index (χ1) is 10.1. The Morgan fingerprint density at radius 1 is 1.26 bits per heavy atom. The molecule has 3 rings (SSSR count). The summed E-state index contributed by atoms with van der Waals surface area (Å²) in [7, 11) is 0. The van der Waals surface area contributed by atoms with Gasteiger partial charge in [-0.3, -0.25) is 9.69 Å². The van der Waals surface area contributed by atoms with Crippen LogP contribution in [0, 0.1) is 23.7 Å². The number of carbonyl (C=O) groups excluding carboxylic acids is 1. The van der Waals surface area contributed by atoms with Crippen LogP contribution in [0.2, 0.25) is 0 Å². The molecule has 1 aliphatic heterocycles. The van der Waals surface area contributed by atoms with Crippen molar-refractivity contribution in [2.24, 2.45) is 29.4 Å². The molecule has 3 aliphatic rings. The molecule has 1 amide bonds. The lowest BCUT2D eigenvalue weighted by molar-refractivity contribution is -0.127. The van der Waals surface area contributed by atoms with Crippen molar-refractivity contribution in [1.82, 2.24) is 10.2 Å². The second-order valence-electron chi connectivity index (χ2n) is 7.77.